The van der Waals surface area contributed by atoms with E-state index in [1.54, 1.807) is 6.07 Å². The first-order chi connectivity index (χ1) is 8.50. The minimum atomic E-state index is -1.86. The number of nitrogens with zero attached hydrogens (tertiary/aromatic N) is 3. The van der Waals surface area contributed by atoms with Gasteiger partial charge in [0, 0.05) is 6.20 Å². The molecule has 0 spiro atoms. The molecule has 0 radical (unpaired) electrons. The fourth-order valence-electron chi connectivity index (χ4n) is 1.58. The lowest BCUT2D eigenvalue weighted by Crippen LogP contribution is -2.36. The van der Waals surface area contributed by atoms with Crippen LogP contribution in [0.15, 0.2) is 18.6 Å². The predicted octanol–water partition coefficient (Wildman–Crippen LogP) is -1.18. The van der Waals surface area contributed by atoms with Crippen molar-refractivity contribution in [2.24, 2.45) is 0 Å². The number of aliphatic hydroxyl groups is 2. The van der Waals surface area contributed by atoms with E-state index < -0.39 is 18.2 Å². The molecule has 96 valence electrons. The summed E-state index contributed by atoms with van der Waals surface area (Å²) in [6, 6.07) is 1.59. The van der Waals surface area contributed by atoms with Crippen molar-refractivity contribution in [3.8, 4) is 0 Å². The second-order valence-electron chi connectivity index (χ2n) is 3.82. The Labute approximate surface area is 101 Å². The summed E-state index contributed by atoms with van der Waals surface area (Å²) in [7, 11) is 0. The van der Waals surface area contributed by atoms with Gasteiger partial charge < -0.3 is 25.6 Å². The van der Waals surface area contributed by atoms with Crippen molar-refractivity contribution in [2.45, 2.75) is 18.8 Å². The molecule has 0 saturated carbocycles. The molecule has 18 heavy (non-hydrogen) atoms. The molecule has 5 N–H and O–H groups in total. The number of rotatable bonds is 4. The van der Waals surface area contributed by atoms with Crippen molar-refractivity contribution in [1.29, 1.82) is 0 Å². The molecule has 8 heteroatoms. The van der Waals surface area contributed by atoms with Crippen LogP contribution in [0.4, 0.5) is 5.69 Å². The van der Waals surface area contributed by atoms with Crippen LogP contribution in [-0.2, 0) is 11.3 Å². The Bertz CT molecular complexity index is 582. The van der Waals surface area contributed by atoms with E-state index in [0.29, 0.717) is 16.9 Å². The molecule has 2 aromatic rings. The summed E-state index contributed by atoms with van der Waals surface area (Å²) >= 11 is 0. The maximum atomic E-state index is 10.5. The second-order valence-corrected chi connectivity index (χ2v) is 3.82. The van der Waals surface area contributed by atoms with E-state index in [2.05, 4.69) is 9.97 Å². The number of anilines is 1. The summed E-state index contributed by atoms with van der Waals surface area (Å²) in [5.74, 6) is -1.49. The van der Waals surface area contributed by atoms with E-state index in [9.17, 15) is 15.0 Å². The quantitative estimate of drug-likeness (QED) is 0.538. The molecule has 0 bridgehead atoms. The van der Waals surface area contributed by atoms with Crippen LogP contribution in [0, 0.1) is 0 Å². The zero-order chi connectivity index (χ0) is 13.3. The third kappa shape index (κ3) is 2.11. The van der Waals surface area contributed by atoms with E-state index in [-0.39, 0.29) is 6.54 Å². The Morgan fingerprint density at radius 1 is 1.44 bits per heavy atom. The summed E-state index contributed by atoms with van der Waals surface area (Å²) in [5, 5.41) is 27.3. The normalized spacial score (nSPS) is 14.6. The zero-order valence-electron chi connectivity index (χ0n) is 9.26. The number of carboxylic acids is 1. The molecule has 2 heterocycles. The van der Waals surface area contributed by atoms with Gasteiger partial charge in [0.1, 0.15) is 11.6 Å². The largest absolute Gasteiger partial charge is 0.479 e. The molecule has 2 atom stereocenters. The van der Waals surface area contributed by atoms with Crippen LogP contribution in [0.25, 0.3) is 11.2 Å². The predicted molar refractivity (Wildman–Crippen MR) is 61.6 cm³/mol. The Kier molecular flexibility index (Phi) is 3.13. The molecule has 0 fully saturated rings. The number of carboxylic acid groups (broad SMARTS) is 1. The lowest BCUT2D eigenvalue weighted by Gasteiger charge is -2.14. The number of nitrogen functional groups attached to an aromatic ring is 1. The Hall–Kier alpha value is -2.19. The minimum absolute atomic E-state index is 0.138. The molecule has 0 aliphatic rings. The number of imidazole rings is 1. The molecule has 0 aliphatic carbocycles. The van der Waals surface area contributed by atoms with Crippen LogP contribution in [0.2, 0.25) is 0 Å². The average Bonchev–Trinajstić information content (AvgIpc) is 2.73. The van der Waals surface area contributed by atoms with E-state index in [0.717, 1.165) is 0 Å². The monoisotopic (exact) mass is 252 g/mol. The van der Waals surface area contributed by atoms with Gasteiger partial charge in [-0.25, -0.2) is 14.8 Å². The summed E-state index contributed by atoms with van der Waals surface area (Å²) in [4.78, 5) is 18.6. The molecule has 2 rings (SSSR count). The maximum absolute atomic E-state index is 10.5. The van der Waals surface area contributed by atoms with E-state index in [1.165, 1.54) is 17.1 Å². The number of aliphatic hydroxyl groups excluding tert-OH is 2. The number of pyridine rings is 1. The molecular formula is C10H12N4O4. The van der Waals surface area contributed by atoms with Gasteiger partial charge in [0.25, 0.3) is 0 Å². The molecule has 0 unspecified atom stereocenters. The highest BCUT2D eigenvalue weighted by Crippen LogP contribution is 2.17. The fraction of sp³-hybridized carbons (Fsp3) is 0.300. The van der Waals surface area contributed by atoms with Crippen molar-refractivity contribution in [3.63, 3.8) is 0 Å². The summed E-state index contributed by atoms with van der Waals surface area (Å²) in [5.41, 5.74) is 7.01. The molecule has 0 saturated heterocycles. The summed E-state index contributed by atoms with van der Waals surface area (Å²) in [6.45, 7) is -0.138. The van der Waals surface area contributed by atoms with Gasteiger partial charge >= 0.3 is 5.97 Å². The maximum Gasteiger partial charge on any atom is 0.335 e. The van der Waals surface area contributed by atoms with Crippen LogP contribution in [0.1, 0.15) is 0 Å². The molecule has 8 nitrogen and oxygen atoms in total. The smallest absolute Gasteiger partial charge is 0.335 e. The summed E-state index contributed by atoms with van der Waals surface area (Å²) in [6.07, 6.45) is -0.451. The highest BCUT2D eigenvalue weighted by Gasteiger charge is 2.24. The number of aliphatic carboxylic acids is 1. The second kappa shape index (κ2) is 4.59. The van der Waals surface area contributed by atoms with Crippen molar-refractivity contribution in [1.82, 2.24) is 14.5 Å². The lowest BCUT2D eigenvalue weighted by atomic mass is 10.2. The van der Waals surface area contributed by atoms with E-state index >= 15 is 0 Å². The van der Waals surface area contributed by atoms with Crippen LogP contribution in [0.3, 0.4) is 0 Å². The van der Waals surface area contributed by atoms with Crippen LogP contribution < -0.4 is 5.73 Å². The number of fused-ring (bicyclic) bond motifs is 1. The Morgan fingerprint density at radius 2 is 2.17 bits per heavy atom. The first kappa shape index (κ1) is 12.3. The number of aromatic nitrogens is 3. The van der Waals surface area contributed by atoms with Gasteiger partial charge in [-0.15, -0.1) is 0 Å². The van der Waals surface area contributed by atoms with Crippen molar-refractivity contribution in [3.05, 3.63) is 18.6 Å². The Balaban J connectivity index is 2.27. The van der Waals surface area contributed by atoms with Crippen LogP contribution >= 0.6 is 0 Å². The minimum Gasteiger partial charge on any atom is -0.479 e. The van der Waals surface area contributed by atoms with Gasteiger partial charge in [0.05, 0.1) is 18.6 Å². The fourth-order valence-corrected chi connectivity index (χ4v) is 1.58. The van der Waals surface area contributed by atoms with Gasteiger partial charge in [-0.1, -0.05) is 0 Å². The number of hydrogen-bond acceptors (Lipinski definition) is 6. The van der Waals surface area contributed by atoms with Crippen molar-refractivity contribution >= 4 is 22.8 Å². The Morgan fingerprint density at radius 3 is 2.83 bits per heavy atom. The number of hydrogen-bond donors (Lipinski definition) is 4. The third-order valence-electron chi connectivity index (χ3n) is 2.54. The highest BCUT2D eigenvalue weighted by molar-refractivity contribution is 5.83. The molecular weight excluding hydrogens is 240 g/mol. The van der Waals surface area contributed by atoms with E-state index in [1.807, 2.05) is 0 Å². The zero-order valence-corrected chi connectivity index (χ0v) is 9.26. The van der Waals surface area contributed by atoms with Crippen LogP contribution in [-0.4, -0.2) is 48.0 Å². The third-order valence-corrected chi connectivity index (χ3v) is 2.54. The first-order valence-electron chi connectivity index (χ1n) is 5.15. The average molecular weight is 252 g/mol. The number of nitrogens with two attached hydrogens (primary N) is 1. The van der Waals surface area contributed by atoms with Crippen molar-refractivity contribution in [2.75, 3.05) is 5.73 Å². The molecule has 2 aromatic heterocycles. The highest BCUT2D eigenvalue weighted by atomic mass is 16.4. The molecule has 0 aromatic carbocycles. The first-order valence-corrected chi connectivity index (χ1v) is 5.15. The standard InChI is InChI=1S/C10H12N4O4/c11-5-1-2-12-9-7(5)13-4-14(9)3-6(15)8(16)10(17)18/h1-2,4,6,8,15-16H,3H2,(H2,11,12)(H,17,18)/t6-,8-/m1/s1. The molecule has 0 aliphatic heterocycles. The number of carbonyl (C=O) groups is 1. The molecule has 0 amide bonds. The van der Waals surface area contributed by atoms with Crippen LogP contribution in [0.5, 0.6) is 0 Å². The van der Waals surface area contributed by atoms with Gasteiger partial charge in [-0.3, -0.25) is 0 Å². The summed E-state index contributed by atoms with van der Waals surface area (Å²) < 4.78 is 1.43. The van der Waals surface area contributed by atoms with Gasteiger partial charge in [0.2, 0.25) is 0 Å². The van der Waals surface area contributed by atoms with Gasteiger partial charge in [-0.05, 0) is 6.07 Å². The van der Waals surface area contributed by atoms with Gasteiger partial charge in [0.15, 0.2) is 11.8 Å². The van der Waals surface area contributed by atoms with E-state index in [4.69, 9.17) is 10.8 Å². The van der Waals surface area contributed by atoms with Gasteiger partial charge in [-0.2, -0.15) is 0 Å². The lowest BCUT2D eigenvalue weighted by molar-refractivity contribution is -0.153. The topological polar surface area (TPSA) is 134 Å². The SMILES string of the molecule is Nc1ccnc2c1ncn2C[C@@H](O)[C@@H](O)C(=O)O. The van der Waals surface area contributed by atoms with Crippen molar-refractivity contribution < 1.29 is 20.1 Å².